The van der Waals surface area contributed by atoms with Crippen LogP contribution >= 0.6 is 0 Å². The van der Waals surface area contributed by atoms with Gasteiger partial charge in [-0.2, -0.15) is 5.10 Å². The molecule has 3 rings (SSSR count). The van der Waals surface area contributed by atoms with Crippen LogP contribution in [-0.4, -0.2) is 36.7 Å². The number of piperidine rings is 1. The van der Waals surface area contributed by atoms with Crippen LogP contribution in [0, 0.1) is 5.82 Å². The Balaban J connectivity index is 1.72. The van der Waals surface area contributed by atoms with Gasteiger partial charge in [0.1, 0.15) is 11.6 Å². The lowest BCUT2D eigenvalue weighted by atomic mass is 10.0. The lowest BCUT2D eigenvalue weighted by Gasteiger charge is -2.27. The fourth-order valence-electron chi connectivity index (χ4n) is 3.35. The first-order valence-electron chi connectivity index (χ1n) is 9.56. The van der Waals surface area contributed by atoms with Crippen LogP contribution in [0.1, 0.15) is 47.7 Å². The second kappa shape index (κ2) is 9.46. The summed E-state index contributed by atoms with van der Waals surface area (Å²) in [6.07, 6.45) is 3.77. The van der Waals surface area contributed by atoms with Crippen LogP contribution in [-0.2, 0) is 6.54 Å². The third-order valence-electron chi connectivity index (χ3n) is 4.97. The molecular weight excluding hydrogens is 357 g/mol. The molecule has 0 unspecified atom stereocenters. The lowest BCUT2D eigenvalue weighted by molar-refractivity contribution is 0.0955. The second-order valence-corrected chi connectivity index (χ2v) is 7.01. The van der Waals surface area contributed by atoms with Crippen molar-refractivity contribution in [3.05, 3.63) is 65.0 Å². The molecule has 2 aromatic carbocycles. The summed E-state index contributed by atoms with van der Waals surface area (Å²) in [5.74, 6) is 0.106. The van der Waals surface area contributed by atoms with Crippen molar-refractivity contribution in [1.29, 1.82) is 0 Å². The van der Waals surface area contributed by atoms with Gasteiger partial charge in [-0.3, -0.25) is 9.69 Å². The maximum Gasteiger partial charge on any atom is 0.271 e. The van der Waals surface area contributed by atoms with Crippen molar-refractivity contribution in [2.75, 3.05) is 20.2 Å². The first kappa shape index (κ1) is 20.0. The fourth-order valence-corrected chi connectivity index (χ4v) is 3.35. The van der Waals surface area contributed by atoms with E-state index in [-0.39, 0.29) is 11.7 Å². The van der Waals surface area contributed by atoms with E-state index in [2.05, 4.69) is 21.5 Å². The molecule has 0 aromatic heterocycles. The van der Waals surface area contributed by atoms with E-state index in [0.29, 0.717) is 11.3 Å². The summed E-state index contributed by atoms with van der Waals surface area (Å²) in [6, 6.07) is 11.3. The van der Waals surface area contributed by atoms with Crippen LogP contribution in [0.15, 0.2) is 47.6 Å². The van der Waals surface area contributed by atoms with Gasteiger partial charge in [0, 0.05) is 17.7 Å². The Bertz CT molecular complexity index is 843. The standard InChI is InChI=1S/C22H26FN3O2/c1-16(24-25-22(27)17-6-9-20(23)10-7-17)18-8-11-21(28-2)19(14-18)15-26-12-4-3-5-13-26/h6-11,14H,3-5,12-13,15H2,1-2H3,(H,25,27)/b24-16-. The summed E-state index contributed by atoms with van der Waals surface area (Å²) >= 11 is 0. The zero-order chi connectivity index (χ0) is 19.9. The molecule has 0 atom stereocenters. The summed E-state index contributed by atoms with van der Waals surface area (Å²) in [6.45, 7) is 4.89. The molecule has 148 valence electrons. The van der Waals surface area contributed by atoms with Crippen molar-refractivity contribution in [1.82, 2.24) is 10.3 Å². The molecule has 1 fully saturated rings. The zero-order valence-electron chi connectivity index (χ0n) is 16.4. The quantitative estimate of drug-likeness (QED) is 0.607. The Morgan fingerprint density at radius 1 is 1.11 bits per heavy atom. The van der Waals surface area contributed by atoms with Crippen molar-refractivity contribution >= 4 is 11.6 Å². The number of hydrogen-bond acceptors (Lipinski definition) is 4. The number of halogens is 1. The molecule has 2 aromatic rings. The normalized spacial score (nSPS) is 15.3. The number of ether oxygens (including phenoxy) is 1. The van der Waals surface area contributed by atoms with E-state index in [1.165, 1.54) is 43.5 Å². The van der Waals surface area contributed by atoms with Crippen molar-refractivity contribution in [2.24, 2.45) is 5.10 Å². The highest BCUT2D eigenvalue weighted by Crippen LogP contribution is 2.23. The third kappa shape index (κ3) is 5.16. The number of nitrogens with one attached hydrogen (secondary N) is 1. The Kier molecular flexibility index (Phi) is 6.76. The van der Waals surface area contributed by atoms with Gasteiger partial charge in [-0.05, 0) is 80.9 Å². The molecule has 0 bridgehead atoms. The Hall–Kier alpha value is -2.73. The second-order valence-electron chi connectivity index (χ2n) is 7.01. The van der Waals surface area contributed by atoms with Gasteiger partial charge in [-0.15, -0.1) is 0 Å². The SMILES string of the molecule is COc1ccc(/C(C)=N\NC(=O)c2ccc(F)cc2)cc1CN1CCCCC1. The summed E-state index contributed by atoms with van der Waals surface area (Å²) in [4.78, 5) is 14.6. The highest BCUT2D eigenvalue weighted by molar-refractivity contribution is 6.01. The van der Waals surface area contributed by atoms with E-state index in [1.54, 1.807) is 7.11 Å². The van der Waals surface area contributed by atoms with E-state index in [9.17, 15) is 9.18 Å². The van der Waals surface area contributed by atoms with E-state index in [0.717, 1.165) is 36.5 Å². The van der Waals surface area contributed by atoms with Crippen LogP contribution in [0.4, 0.5) is 4.39 Å². The molecular formula is C22H26FN3O2. The van der Waals surface area contributed by atoms with Gasteiger partial charge in [-0.25, -0.2) is 9.82 Å². The number of amides is 1. The Morgan fingerprint density at radius 3 is 2.46 bits per heavy atom. The van der Waals surface area contributed by atoms with Crippen LogP contribution < -0.4 is 10.2 Å². The van der Waals surface area contributed by atoms with Crippen LogP contribution in [0.2, 0.25) is 0 Å². The summed E-state index contributed by atoms with van der Waals surface area (Å²) in [5.41, 5.74) is 5.62. The number of methoxy groups -OCH3 is 1. The minimum atomic E-state index is -0.379. The number of hydrazone groups is 1. The number of likely N-dealkylation sites (tertiary alicyclic amines) is 1. The predicted octanol–water partition coefficient (Wildman–Crippen LogP) is 3.97. The molecule has 1 saturated heterocycles. The number of nitrogens with zero attached hydrogens (tertiary/aromatic N) is 2. The predicted molar refractivity (Wildman–Crippen MR) is 108 cm³/mol. The van der Waals surface area contributed by atoms with Crippen LogP contribution in [0.5, 0.6) is 5.75 Å². The van der Waals surface area contributed by atoms with Gasteiger partial charge >= 0.3 is 0 Å². The number of benzene rings is 2. The van der Waals surface area contributed by atoms with Gasteiger partial charge in [-0.1, -0.05) is 6.42 Å². The highest BCUT2D eigenvalue weighted by atomic mass is 19.1. The first-order valence-corrected chi connectivity index (χ1v) is 9.56. The number of rotatable bonds is 6. The van der Waals surface area contributed by atoms with E-state index in [4.69, 9.17) is 4.74 Å². The molecule has 1 amide bonds. The molecule has 1 N–H and O–H groups in total. The lowest BCUT2D eigenvalue weighted by Crippen LogP contribution is -2.29. The summed E-state index contributed by atoms with van der Waals surface area (Å²) in [7, 11) is 1.68. The summed E-state index contributed by atoms with van der Waals surface area (Å²) < 4.78 is 18.5. The van der Waals surface area contributed by atoms with Gasteiger partial charge in [0.05, 0.1) is 12.8 Å². The van der Waals surface area contributed by atoms with E-state index < -0.39 is 0 Å². The topological polar surface area (TPSA) is 53.9 Å². The minimum absolute atomic E-state index is 0.360. The first-order chi connectivity index (χ1) is 13.6. The maximum absolute atomic E-state index is 13.0. The maximum atomic E-state index is 13.0. The molecule has 0 radical (unpaired) electrons. The van der Waals surface area contributed by atoms with Crippen molar-refractivity contribution in [2.45, 2.75) is 32.7 Å². The van der Waals surface area contributed by atoms with Gasteiger partial charge in [0.25, 0.3) is 5.91 Å². The van der Waals surface area contributed by atoms with Crippen molar-refractivity contribution in [3.8, 4) is 5.75 Å². The molecule has 28 heavy (non-hydrogen) atoms. The minimum Gasteiger partial charge on any atom is -0.496 e. The van der Waals surface area contributed by atoms with Crippen molar-refractivity contribution < 1.29 is 13.9 Å². The smallest absolute Gasteiger partial charge is 0.271 e. The Labute approximate surface area is 165 Å². The molecule has 1 aliphatic rings. The average Bonchev–Trinajstić information content (AvgIpc) is 2.73. The van der Waals surface area contributed by atoms with E-state index in [1.807, 2.05) is 19.1 Å². The largest absolute Gasteiger partial charge is 0.496 e. The third-order valence-corrected chi connectivity index (χ3v) is 4.97. The highest BCUT2D eigenvalue weighted by Gasteiger charge is 2.14. The fraction of sp³-hybridized carbons (Fsp3) is 0.364. The van der Waals surface area contributed by atoms with Gasteiger partial charge in [0.2, 0.25) is 0 Å². The molecule has 1 aliphatic heterocycles. The zero-order valence-corrected chi connectivity index (χ0v) is 16.4. The Morgan fingerprint density at radius 2 is 1.79 bits per heavy atom. The average molecular weight is 383 g/mol. The van der Waals surface area contributed by atoms with E-state index >= 15 is 0 Å². The summed E-state index contributed by atoms with van der Waals surface area (Å²) in [5, 5.41) is 4.21. The van der Waals surface area contributed by atoms with Crippen LogP contribution in [0.25, 0.3) is 0 Å². The van der Waals surface area contributed by atoms with Gasteiger partial charge < -0.3 is 4.74 Å². The molecule has 0 saturated carbocycles. The van der Waals surface area contributed by atoms with Gasteiger partial charge in [0.15, 0.2) is 0 Å². The molecule has 0 aliphatic carbocycles. The number of carbonyl (C=O) groups is 1. The monoisotopic (exact) mass is 383 g/mol. The molecule has 1 heterocycles. The number of hydrogen-bond donors (Lipinski definition) is 1. The van der Waals surface area contributed by atoms with Crippen LogP contribution in [0.3, 0.4) is 0 Å². The van der Waals surface area contributed by atoms with Crippen molar-refractivity contribution in [3.63, 3.8) is 0 Å². The molecule has 5 nitrogen and oxygen atoms in total. The molecule has 6 heteroatoms. The molecule has 0 spiro atoms. The number of carbonyl (C=O) groups excluding carboxylic acids is 1.